The van der Waals surface area contributed by atoms with Gasteiger partial charge in [-0.25, -0.2) is 4.79 Å². The molecule has 2 aromatic rings. The largest absolute Gasteiger partial charge is 0.497 e. The van der Waals surface area contributed by atoms with Crippen molar-refractivity contribution in [3.8, 4) is 11.5 Å². The number of methoxy groups -OCH3 is 2. The van der Waals surface area contributed by atoms with Gasteiger partial charge in [0.1, 0.15) is 11.5 Å². The maximum Gasteiger partial charge on any atom is 0.315 e. The Morgan fingerprint density at radius 1 is 1.00 bits per heavy atom. The molecule has 158 valence electrons. The van der Waals surface area contributed by atoms with E-state index in [0.717, 1.165) is 11.1 Å². The minimum absolute atomic E-state index is 0. The normalized spacial score (nSPS) is 10.9. The summed E-state index contributed by atoms with van der Waals surface area (Å²) in [6.45, 7) is 2.57. The number of halogens is 1. The predicted molar refractivity (Wildman–Crippen MR) is 115 cm³/mol. The Kier molecular flexibility index (Phi) is 10.4. The lowest BCUT2D eigenvalue weighted by Crippen LogP contribution is -2.39. The molecular weight excluding hydrogens is 394 g/mol. The van der Waals surface area contributed by atoms with Crippen molar-refractivity contribution in [2.24, 2.45) is 0 Å². The van der Waals surface area contributed by atoms with Crippen LogP contribution in [-0.2, 0) is 11.3 Å². The molecule has 0 bridgehead atoms. The van der Waals surface area contributed by atoms with E-state index in [1.165, 1.54) is 0 Å². The fourth-order valence-electron chi connectivity index (χ4n) is 2.68. The van der Waals surface area contributed by atoms with Gasteiger partial charge in [0.2, 0.25) is 5.91 Å². The molecule has 0 spiro atoms. The maximum absolute atomic E-state index is 12.1. The molecule has 0 fully saturated rings. The third-order valence-electron chi connectivity index (χ3n) is 4.22. The van der Waals surface area contributed by atoms with E-state index >= 15 is 0 Å². The van der Waals surface area contributed by atoms with Crippen molar-refractivity contribution < 1.29 is 19.1 Å². The van der Waals surface area contributed by atoms with Gasteiger partial charge in [-0.3, -0.25) is 4.79 Å². The van der Waals surface area contributed by atoms with E-state index in [9.17, 15) is 9.59 Å². The lowest BCUT2D eigenvalue weighted by atomic mass is 10.1. The highest BCUT2D eigenvalue weighted by molar-refractivity contribution is 5.85. The second kappa shape index (κ2) is 12.5. The minimum atomic E-state index is -0.353. The van der Waals surface area contributed by atoms with Gasteiger partial charge in [-0.1, -0.05) is 30.3 Å². The third kappa shape index (κ3) is 7.91. The molecule has 0 saturated carbocycles. The van der Waals surface area contributed by atoms with E-state index in [0.29, 0.717) is 18.0 Å². The van der Waals surface area contributed by atoms with Gasteiger partial charge in [0.05, 0.1) is 20.3 Å². The number of carbonyl (C=O) groups excluding carboxylic acids is 2. The molecule has 0 heterocycles. The second-order valence-corrected chi connectivity index (χ2v) is 6.24. The maximum atomic E-state index is 12.1. The van der Waals surface area contributed by atoms with E-state index in [-0.39, 0.29) is 43.4 Å². The van der Waals surface area contributed by atoms with Crippen molar-refractivity contribution in [3.05, 3.63) is 59.7 Å². The topological polar surface area (TPSA) is 88.7 Å². The Morgan fingerprint density at radius 2 is 1.72 bits per heavy atom. The molecule has 0 radical (unpaired) electrons. The van der Waals surface area contributed by atoms with Crippen molar-refractivity contribution >= 4 is 24.3 Å². The van der Waals surface area contributed by atoms with E-state index < -0.39 is 0 Å². The number of nitrogens with one attached hydrogen (secondary N) is 3. The van der Waals surface area contributed by atoms with Crippen LogP contribution in [-0.4, -0.2) is 32.7 Å². The average molecular weight is 422 g/mol. The summed E-state index contributed by atoms with van der Waals surface area (Å²) in [6.07, 6.45) is 0.205. The molecule has 8 heteroatoms. The Balaban J connectivity index is 0.00000420. The lowest BCUT2D eigenvalue weighted by molar-refractivity contribution is -0.121. The summed E-state index contributed by atoms with van der Waals surface area (Å²) >= 11 is 0. The first-order valence-corrected chi connectivity index (χ1v) is 9.10. The fraction of sp³-hybridized carbons (Fsp3) is 0.333. The van der Waals surface area contributed by atoms with Crippen LogP contribution < -0.4 is 25.4 Å². The van der Waals surface area contributed by atoms with Crippen molar-refractivity contribution in [3.63, 3.8) is 0 Å². The van der Waals surface area contributed by atoms with Crippen LogP contribution in [0, 0.1) is 0 Å². The zero-order valence-electron chi connectivity index (χ0n) is 16.9. The molecule has 29 heavy (non-hydrogen) atoms. The molecule has 0 aliphatic carbocycles. The van der Waals surface area contributed by atoms with Crippen LogP contribution in [0.1, 0.15) is 30.5 Å². The molecule has 1 unspecified atom stereocenters. The summed E-state index contributed by atoms with van der Waals surface area (Å²) in [6, 6.07) is 14.4. The molecule has 0 aromatic heterocycles. The number of hydrogen-bond acceptors (Lipinski definition) is 4. The molecule has 0 aliphatic rings. The first-order valence-electron chi connectivity index (χ1n) is 9.10. The number of amides is 3. The standard InChI is InChI=1S/C21H27N3O4.ClH/c1-15(18-13-17(27-2)9-10-19(18)28-3)24-21(26)22-12-11-20(25)23-14-16-7-5-4-6-8-16;/h4-10,13,15H,11-12,14H2,1-3H3,(H,23,25)(H2,22,24,26);1H. The van der Waals surface area contributed by atoms with Crippen LogP contribution in [0.25, 0.3) is 0 Å². The highest BCUT2D eigenvalue weighted by atomic mass is 35.5. The smallest absolute Gasteiger partial charge is 0.315 e. The number of rotatable bonds is 9. The van der Waals surface area contributed by atoms with Gasteiger partial charge in [-0.15, -0.1) is 12.4 Å². The first-order chi connectivity index (χ1) is 13.5. The van der Waals surface area contributed by atoms with Crippen LogP contribution in [0.15, 0.2) is 48.5 Å². The van der Waals surface area contributed by atoms with E-state index in [2.05, 4.69) is 16.0 Å². The Hall–Kier alpha value is -2.93. The van der Waals surface area contributed by atoms with Crippen LogP contribution in [0.2, 0.25) is 0 Å². The fourth-order valence-corrected chi connectivity index (χ4v) is 2.68. The summed E-state index contributed by atoms with van der Waals surface area (Å²) < 4.78 is 10.6. The lowest BCUT2D eigenvalue weighted by Gasteiger charge is -2.18. The second-order valence-electron chi connectivity index (χ2n) is 6.24. The van der Waals surface area contributed by atoms with Gasteiger partial charge in [0.15, 0.2) is 0 Å². The number of ether oxygens (including phenoxy) is 2. The molecule has 0 aliphatic heterocycles. The van der Waals surface area contributed by atoms with Crippen molar-refractivity contribution in [1.82, 2.24) is 16.0 Å². The predicted octanol–water partition coefficient (Wildman–Crippen LogP) is 3.19. The molecule has 2 aromatic carbocycles. The van der Waals surface area contributed by atoms with Gasteiger partial charge in [-0.2, -0.15) is 0 Å². The SMILES string of the molecule is COc1ccc(OC)c(C(C)NC(=O)NCCC(=O)NCc2ccccc2)c1.Cl. The zero-order valence-corrected chi connectivity index (χ0v) is 17.7. The minimum Gasteiger partial charge on any atom is -0.497 e. The van der Waals surface area contributed by atoms with E-state index in [1.807, 2.05) is 43.3 Å². The Bertz CT molecular complexity index is 787. The van der Waals surface area contributed by atoms with Crippen molar-refractivity contribution in [2.45, 2.75) is 25.9 Å². The third-order valence-corrected chi connectivity index (χ3v) is 4.22. The van der Waals surface area contributed by atoms with E-state index in [4.69, 9.17) is 9.47 Å². The molecule has 1 atom stereocenters. The van der Waals surface area contributed by atoms with Crippen LogP contribution in [0.4, 0.5) is 4.79 Å². The molecule has 3 amide bonds. The van der Waals surface area contributed by atoms with Crippen LogP contribution >= 0.6 is 12.4 Å². The number of benzene rings is 2. The zero-order chi connectivity index (χ0) is 20.4. The molecule has 2 rings (SSSR count). The molecule has 0 saturated heterocycles. The molecule has 7 nitrogen and oxygen atoms in total. The van der Waals surface area contributed by atoms with E-state index in [1.54, 1.807) is 26.4 Å². The highest BCUT2D eigenvalue weighted by Crippen LogP contribution is 2.29. The van der Waals surface area contributed by atoms with Gasteiger partial charge in [0.25, 0.3) is 0 Å². The Labute approximate surface area is 177 Å². The summed E-state index contributed by atoms with van der Waals surface area (Å²) in [4.78, 5) is 24.0. The number of urea groups is 1. The first kappa shape index (κ1) is 24.1. The highest BCUT2D eigenvalue weighted by Gasteiger charge is 2.15. The molecular formula is C21H28ClN3O4. The van der Waals surface area contributed by atoms with Gasteiger partial charge in [-0.05, 0) is 30.7 Å². The summed E-state index contributed by atoms with van der Waals surface area (Å²) in [7, 11) is 3.16. The number of hydrogen-bond donors (Lipinski definition) is 3. The average Bonchev–Trinajstić information content (AvgIpc) is 2.72. The van der Waals surface area contributed by atoms with Crippen molar-refractivity contribution in [1.29, 1.82) is 0 Å². The quantitative estimate of drug-likeness (QED) is 0.580. The summed E-state index contributed by atoms with van der Waals surface area (Å²) in [5.41, 5.74) is 1.83. The summed E-state index contributed by atoms with van der Waals surface area (Å²) in [5.74, 6) is 1.22. The van der Waals surface area contributed by atoms with Crippen LogP contribution in [0.3, 0.4) is 0 Å². The molecule has 3 N–H and O–H groups in total. The van der Waals surface area contributed by atoms with Crippen molar-refractivity contribution in [2.75, 3.05) is 20.8 Å². The Morgan fingerprint density at radius 3 is 2.38 bits per heavy atom. The van der Waals surface area contributed by atoms with Gasteiger partial charge in [0, 0.05) is 25.1 Å². The van der Waals surface area contributed by atoms with Crippen LogP contribution in [0.5, 0.6) is 11.5 Å². The van der Waals surface area contributed by atoms with Gasteiger partial charge < -0.3 is 25.4 Å². The monoisotopic (exact) mass is 421 g/mol. The number of carbonyl (C=O) groups is 2. The van der Waals surface area contributed by atoms with Gasteiger partial charge >= 0.3 is 6.03 Å². The summed E-state index contributed by atoms with van der Waals surface area (Å²) in [5, 5.41) is 8.36.